The summed E-state index contributed by atoms with van der Waals surface area (Å²) in [5.74, 6) is -0.243. The predicted octanol–water partition coefficient (Wildman–Crippen LogP) is -0.811. The van der Waals surface area contributed by atoms with Crippen LogP contribution in [0.5, 0.6) is 0 Å². The Kier molecular flexibility index (Phi) is 8.46. The van der Waals surface area contributed by atoms with Gasteiger partial charge in [0.15, 0.2) is 0 Å². The van der Waals surface area contributed by atoms with Crippen LogP contribution in [0.2, 0.25) is 0 Å². The molecule has 0 radical (unpaired) electrons. The van der Waals surface area contributed by atoms with Gasteiger partial charge in [-0.2, -0.15) is 0 Å². The van der Waals surface area contributed by atoms with Crippen molar-refractivity contribution >= 4 is 5.97 Å². The van der Waals surface area contributed by atoms with Crippen LogP contribution in [0.3, 0.4) is 0 Å². The highest BCUT2D eigenvalue weighted by molar-refractivity contribution is 5.89. The Balaban J connectivity index is 0.00000256. The van der Waals surface area contributed by atoms with E-state index >= 15 is 0 Å². The topological polar surface area (TPSA) is 29.5 Å². The van der Waals surface area contributed by atoms with Crippen LogP contribution in [0, 0.1) is 0 Å². The summed E-state index contributed by atoms with van der Waals surface area (Å²) in [7, 11) is 0. The number of ether oxygens (including phenoxy) is 1. The second-order valence-corrected chi connectivity index (χ2v) is 3.53. The molecule has 4 heteroatoms. The van der Waals surface area contributed by atoms with E-state index in [0.717, 1.165) is 19.6 Å². The molecule has 0 atom stereocenters. The number of carbonyl (C=O) groups is 1. The minimum Gasteiger partial charge on any atom is -1.00 e. The van der Waals surface area contributed by atoms with Gasteiger partial charge in [-0.15, -0.1) is 0 Å². The maximum Gasteiger partial charge on any atom is 0.338 e. The van der Waals surface area contributed by atoms with Crippen molar-refractivity contribution < 1.29 is 21.9 Å². The first kappa shape index (κ1) is 15.9. The molecule has 3 nitrogen and oxygen atoms in total. The molecule has 1 rings (SSSR count). The highest BCUT2D eigenvalue weighted by atomic mass is 35.5. The Hall–Kier alpha value is -1.06. The van der Waals surface area contributed by atoms with E-state index in [9.17, 15) is 4.79 Å². The number of hydrogen-bond donors (Lipinski definition) is 0. The van der Waals surface area contributed by atoms with Crippen LogP contribution in [0.4, 0.5) is 0 Å². The lowest BCUT2D eigenvalue weighted by atomic mass is 10.2. The Morgan fingerprint density at radius 1 is 1.18 bits per heavy atom. The average Bonchev–Trinajstić information content (AvgIpc) is 2.35. The molecule has 0 saturated carbocycles. The molecule has 0 N–H and O–H groups in total. The second kappa shape index (κ2) is 9.02. The summed E-state index contributed by atoms with van der Waals surface area (Å²) >= 11 is 0. The highest BCUT2D eigenvalue weighted by Gasteiger charge is 2.06. The zero-order chi connectivity index (χ0) is 11.8. The van der Waals surface area contributed by atoms with Gasteiger partial charge in [0.2, 0.25) is 0 Å². The molecule has 1 aromatic carbocycles. The zero-order valence-electron chi connectivity index (χ0n) is 10.4. The van der Waals surface area contributed by atoms with Crippen LogP contribution in [-0.4, -0.2) is 37.1 Å². The van der Waals surface area contributed by atoms with Gasteiger partial charge in [0, 0.05) is 6.54 Å². The molecule has 0 aromatic heterocycles. The standard InChI is InChI=1S/C13H19NO2.ClH/c1-3-14(4-2)10-11-16-13(15)12-8-6-5-7-9-12;/h5-9H,3-4,10-11H2,1-2H3;1H/p-1. The Morgan fingerprint density at radius 2 is 1.76 bits per heavy atom. The van der Waals surface area contributed by atoms with Gasteiger partial charge in [-0.1, -0.05) is 32.0 Å². The van der Waals surface area contributed by atoms with Crippen molar-refractivity contribution in [3.8, 4) is 0 Å². The smallest absolute Gasteiger partial charge is 0.338 e. The quantitative estimate of drug-likeness (QED) is 0.624. The summed E-state index contributed by atoms with van der Waals surface area (Å²) in [4.78, 5) is 13.8. The first-order chi connectivity index (χ1) is 7.77. The van der Waals surface area contributed by atoms with Gasteiger partial charge in [0.1, 0.15) is 6.61 Å². The number of halogens is 1. The molecular weight excluding hydrogens is 238 g/mol. The first-order valence-electron chi connectivity index (χ1n) is 5.72. The summed E-state index contributed by atoms with van der Waals surface area (Å²) in [6.45, 7) is 7.42. The highest BCUT2D eigenvalue weighted by Crippen LogP contribution is 2.00. The van der Waals surface area contributed by atoms with Crippen molar-refractivity contribution in [2.75, 3.05) is 26.2 Å². The van der Waals surface area contributed by atoms with Gasteiger partial charge < -0.3 is 22.0 Å². The van der Waals surface area contributed by atoms with E-state index in [-0.39, 0.29) is 18.4 Å². The van der Waals surface area contributed by atoms with Gasteiger partial charge in [0.25, 0.3) is 0 Å². The van der Waals surface area contributed by atoms with E-state index in [1.807, 2.05) is 18.2 Å². The van der Waals surface area contributed by atoms with Gasteiger partial charge in [-0.25, -0.2) is 4.79 Å². The molecule has 0 aliphatic carbocycles. The van der Waals surface area contributed by atoms with Gasteiger partial charge in [-0.05, 0) is 25.2 Å². The molecule has 0 saturated heterocycles. The van der Waals surface area contributed by atoms with Crippen molar-refractivity contribution in [2.24, 2.45) is 0 Å². The van der Waals surface area contributed by atoms with Crippen molar-refractivity contribution in [3.05, 3.63) is 35.9 Å². The number of esters is 1. The number of nitrogens with zero attached hydrogens (tertiary/aromatic N) is 1. The van der Waals surface area contributed by atoms with Crippen LogP contribution >= 0.6 is 0 Å². The third-order valence-corrected chi connectivity index (χ3v) is 2.54. The van der Waals surface area contributed by atoms with E-state index in [1.165, 1.54) is 0 Å². The zero-order valence-corrected chi connectivity index (χ0v) is 11.1. The minimum absolute atomic E-state index is 0. The van der Waals surface area contributed by atoms with E-state index in [0.29, 0.717) is 12.2 Å². The molecular formula is C13H19ClNO2-. The number of hydrogen-bond acceptors (Lipinski definition) is 3. The van der Waals surface area contributed by atoms with E-state index in [1.54, 1.807) is 12.1 Å². The lowest BCUT2D eigenvalue weighted by molar-refractivity contribution is -0.0000222. The molecule has 1 aromatic rings. The first-order valence-corrected chi connectivity index (χ1v) is 5.72. The molecule has 0 aliphatic heterocycles. The number of benzene rings is 1. The average molecular weight is 257 g/mol. The molecule has 0 spiro atoms. The van der Waals surface area contributed by atoms with Gasteiger partial charge in [0.05, 0.1) is 5.56 Å². The molecule has 0 fully saturated rings. The van der Waals surface area contributed by atoms with Crippen LogP contribution in [0.25, 0.3) is 0 Å². The van der Waals surface area contributed by atoms with Crippen LogP contribution < -0.4 is 12.4 Å². The van der Waals surface area contributed by atoms with E-state index in [2.05, 4.69) is 18.7 Å². The second-order valence-electron chi connectivity index (χ2n) is 3.53. The minimum atomic E-state index is -0.243. The Bertz CT molecular complexity index is 312. The van der Waals surface area contributed by atoms with Gasteiger partial charge >= 0.3 is 5.97 Å². The lowest BCUT2D eigenvalue weighted by Crippen LogP contribution is -3.00. The normalized spacial score (nSPS) is 9.82. The molecule has 0 amide bonds. The number of likely N-dealkylation sites (N-methyl/N-ethyl adjacent to an activating group) is 1. The summed E-state index contributed by atoms with van der Waals surface area (Å²) < 4.78 is 5.18. The lowest BCUT2D eigenvalue weighted by Gasteiger charge is -2.17. The molecule has 0 heterocycles. The van der Waals surface area contributed by atoms with Crippen molar-refractivity contribution in [1.29, 1.82) is 0 Å². The summed E-state index contributed by atoms with van der Waals surface area (Å²) in [5.41, 5.74) is 0.613. The maximum atomic E-state index is 11.6. The molecule has 0 unspecified atom stereocenters. The van der Waals surface area contributed by atoms with Gasteiger partial charge in [-0.3, -0.25) is 0 Å². The fraction of sp³-hybridized carbons (Fsp3) is 0.462. The number of rotatable bonds is 6. The molecule has 17 heavy (non-hydrogen) atoms. The predicted molar refractivity (Wildman–Crippen MR) is 64.5 cm³/mol. The van der Waals surface area contributed by atoms with Crippen molar-refractivity contribution in [1.82, 2.24) is 4.90 Å². The van der Waals surface area contributed by atoms with E-state index < -0.39 is 0 Å². The monoisotopic (exact) mass is 256 g/mol. The Morgan fingerprint density at radius 3 is 2.29 bits per heavy atom. The van der Waals surface area contributed by atoms with Crippen molar-refractivity contribution in [3.63, 3.8) is 0 Å². The van der Waals surface area contributed by atoms with E-state index in [4.69, 9.17) is 4.74 Å². The fourth-order valence-electron chi connectivity index (χ4n) is 1.46. The van der Waals surface area contributed by atoms with Crippen LogP contribution in [-0.2, 0) is 4.74 Å². The largest absolute Gasteiger partial charge is 1.00 e. The summed E-state index contributed by atoms with van der Waals surface area (Å²) in [6.07, 6.45) is 0. The Labute approximate surface area is 109 Å². The van der Waals surface area contributed by atoms with Crippen molar-refractivity contribution in [2.45, 2.75) is 13.8 Å². The SMILES string of the molecule is CCN(CC)CCOC(=O)c1ccccc1.[Cl-]. The maximum absolute atomic E-state index is 11.6. The summed E-state index contributed by atoms with van der Waals surface area (Å²) in [6, 6.07) is 9.08. The fourth-order valence-corrected chi connectivity index (χ4v) is 1.46. The third kappa shape index (κ3) is 5.71. The summed E-state index contributed by atoms with van der Waals surface area (Å²) in [5, 5.41) is 0. The molecule has 96 valence electrons. The molecule has 0 aliphatic rings. The third-order valence-electron chi connectivity index (χ3n) is 2.54. The van der Waals surface area contributed by atoms with Crippen LogP contribution in [0.1, 0.15) is 24.2 Å². The number of carbonyl (C=O) groups excluding carboxylic acids is 1. The van der Waals surface area contributed by atoms with Crippen LogP contribution in [0.15, 0.2) is 30.3 Å². The molecule has 0 bridgehead atoms.